The molecule has 1 aliphatic heterocycles. The van der Waals surface area contributed by atoms with Gasteiger partial charge >= 0.3 is 0 Å². The molecule has 1 fully saturated rings. The summed E-state index contributed by atoms with van der Waals surface area (Å²) in [5, 5.41) is 4.66. The monoisotopic (exact) mass is 339 g/mol. The van der Waals surface area contributed by atoms with Gasteiger partial charge in [-0.15, -0.1) is 0 Å². The molecule has 2 aromatic heterocycles. The standard InChI is InChI=1S/C19H25N5O/c1-14-11-20-19(21-12-14)23-8-6-15(7-9-23)13-24-18(25)10-16-4-2-3-5-17(16)22-24/h10-12,15H,2-9,13H2,1H3. The first-order valence-electron chi connectivity index (χ1n) is 9.32. The van der Waals surface area contributed by atoms with Gasteiger partial charge in [0.25, 0.3) is 5.56 Å². The van der Waals surface area contributed by atoms with E-state index in [2.05, 4.69) is 20.0 Å². The van der Waals surface area contributed by atoms with E-state index in [0.29, 0.717) is 5.92 Å². The summed E-state index contributed by atoms with van der Waals surface area (Å²) in [6, 6.07) is 1.82. The molecule has 132 valence electrons. The van der Waals surface area contributed by atoms with Crippen LogP contribution in [0.3, 0.4) is 0 Å². The fourth-order valence-electron chi connectivity index (χ4n) is 3.84. The molecule has 1 saturated heterocycles. The molecular weight excluding hydrogens is 314 g/mol. The average Bonchev–Trinajstić information content (AvgIpc) is 2.64. The molecule has 0 bridgehead atoms. The predicted molar refractivity (Wildman–Crippen MR) is 96.8 cm³/mol. The number of nitrogens with zero attached hydrogens (tertiary/aromatic N) is 5. The third-order valence-corrected chi connectivity index (χ3v) is 5.37. The molecule has 6 nitrogen and oxygen atoms in total. The Bertz CT molecular complexity index is 790. The second kappa shape index (κ2) is 6.94. The van der Waals surface area contributed by atoms with E-state index in [1.807, 2.05) is 25.4 Å². The van der Waals surface area contributed by atoms with Gasteiger partial charge in [-0.25, -0.2) is 14.6 Å². The Morgan fingerprint density at radius 1 is 1.12 bits per heavy atom. The van der Waals surface area contributed by atoms with Crippen molar-refractivity contribution < 1.29 is 0 Å². The first-order valence-corrected chi connectivity index (χ1v) is 9.32. The zero-order chi connectivity index (χ0) is 17.2. The maximum Gasteiger partial charge on any atom is 0.267 e. The van der Waals surface area contributed by atoms with E-state index in [4.69, 9.17) is 0 Å². The van der Waals surface area contributed by atoms with E-state index in [1.165, 1.54) is 18.4 Å². The number of hydrogen-bond acceptors (Lipinski definition) is 5. The molecular formula is C19H25N5O. The van der Waals surface area contributed by atoms with E-state index >= 15 is 0 Å². The summed E-state index contributed by atoms with van der Waals surface area (Å²) in [4.78, 5) is 23.4. The van der Waals surface area contributed by atoms with Crippen LogP contribution in [0, 0.1) is 12.8 Å². The first kappa shape index (κ1) is 16.2. The molecule has 0 N–H and O–H groups in total. The number of hydrogen-bond donors (Lipinski definition) is 0. The molecule has 0 amide bonds. The largest absolute Gasteiger partial charge is 0.341 e. The van der Waals surface area contributed by atoms with Crippen LogP contribution in [0.25, 0.3) is 0 Å². The number of aryl methyl sites for hydroxylation is 3. The van der Waals surface area contributed by atoms with Gasteiger partial charge in [0.05, 0.1) is 5.69 Å². The van der Waals surface area contributed by atoms with E-state index in [9.17, 15) is 4.79 Å². The Morgan fingerprint density at radius 2 is 1.84 bits per heavy atom. The van der Waals surface area contributed by atoms with Gasteiger partial charge < -0.3 is 4.90 Å². The minimum atomic E-state index is 0.0601. The summed E-state index contributed by atoms with van der Waals surface area (Å²) in [7, 11) is 0. The summed E-state index contributed by atoms with van der Waals surface area (Å²) < 4.78 is 1.70. The van der Waals surface area contributed by atoms with Gasteiger partial charge in [-0.1, -0.05) is 0 Å². The number of fused-ring (bicyclic) bond motifs is 1. The van der Waals surface area contributed by atoms with Crippen LogP contribution in [-0.2, 0) is 19.4 Å². The maximum absolute atomic E-state index is 12.4. The Kier molecular flexibility index (Phi) is 4.51. The summed E-state index contributed by atoms with van der Waals surface area (Å²) in [6.45, 7) is 4.61. The molecule has 0 radical (unpaired) electrons. The SMILES string of the molecule is Cc1cnc(N2CCC(Cn3nc4c(cc3=O)CCCC4)CC2)nc1. The summed E-state index contributed by atoms with van der Waals surface area (Å²) in [5.74, 6) is 1.31. The van der Waals surface area contributed by atoms with Crippen molar-refractivity contribution in [3.63, 3.8) is 0 Å². The zero-order valence-electron chi connectivity index (χ0n) is 14.8. The van der Waals surface area contributed by atoms with Crippen LogP contribution < -0.4 is 10.5 Å². The van der Waals surface area contributed by atoms with E-state index < -0.39 is 0 Å². The van der Waals surface area contributed by atoms with Crippen molar-refractivity contribution in [2.45, 2.75) is 52.0 Å². The van der Waals surface area contributed by atoms with Crippen LogP contribution in [0.1, 0.15) is 42.5 Å². The van der Waals surface area contributed by atoms with Crippen LogP contribution in [0.4, 0.5) is 5.95 Å². The fourth-order valence-corrected chi connectivity index (χ4v) is 3.84. The summed E-state index contributed by atoms with van der Waals surface area (Å²) >= 11 is 0. The van der Waals surface area contributed by atoms with Crippen LogP contribution in [0.5, 0.6) is 0 Å². The molecule has 1 aliphatic carbocycles. The van der Waals surface area contributed by atoms with Crippen LogP contribution in [-0.4, -0.2) is 32.8 Å². The van der Waals surface area contributed by atoms with E-state index in [-0.39, 0.29) is 5.56 Å². The highest BCUT2D eigenvalue weighted by Crippen LogP contribution is 2.22. The van der Waals surface area contributed by atoms with Gasteiger partial charge in [0.1, 0.15) is 0 Å². The molecule has 3 heterocycles. The van der Waals surface area contributed by atoms with Crippen LogP contribution >= 0.6 is 0 Å². The third kappa shape index (κ3) is 3.57. The normalized spacial score (nSPS) is 18.2. The average molecular weight is 339 g/mol. The van der Waals surface area contributed by atoms with Gasteiger partial charge in [-0.05, 0) is 62.5 Å². The van der Waals surface area contributed by atoms with Gasteiger partial charge in [0.2, 0.25) is 5.95 Å². The molecule has 0 saturated carbocycles. The minimum absolute atomic E-state index is 0.0601. The number of piperidine rings is 1. The van der Waals surface area contributed by atoms with Crippen molar-refractivity contribution in [2.24, 2.45) is 5.92 Å². The topological polar surface area (TPSA) is 63.9 Å². The van der Waals surface area contributed by atoms with Crippen molar-refractivity contribution >= 4 is 5.95 Å². The number of anilines is 1. The second-order valence-electron chi connectivity index (χ2n) is 7.33. The van der Waals surface area contributed by atoms with Crippen molar-refractivity contribution in [3.05, 3.63) is 45.6 Å². The van der Waals surface area contributed by atoms with Gasteiger partial charge in [-0.3, -0.25) is 4.79 Å². The second-order valence-corrected chi connectivity index (χ2v) is 7.33. The van der Waals surface area contributed by atoms with E-state index in [1.54, 1.807) is 4.68 Å². The molecule has 0 aromatic carbocycles. The summed E-state index contributed by atoms with van der Waals surface area (Å²) in [5.41, 5.74) is 3.44. The lowest BCUT2D eigenvalue weighted by molar-refractivity contribution is 0.330. The van der Waals surface area contributed by atoms with Crippen LogP contribution in [0.15, 0.2) is 23.3 Å². The molecule has 4 rings (SSSR count). The fraction of sp³-hybridized carbons (Fsp3) is 0.579. The molecule has 2 aliphatic rings. The molecule has 25 heavy (non-hydrogen) atoms. The summed E-state index contributed by atoms with van der Waals surface area (Å²) in [6.07, 6.45) is 10.2. The van der Waals surface area contributed by atoms with Crippen molar-refractivity contribution in [1.82, 2.24) is 19.7 Å². The zero-order valence-corrected chi connectivity index (χ0v) is 14.8. The quantitative estimate of drug-likeness (QED) is 0.857. The lowest BCUT2D eigenvalue weighted by atomic mass is 9.96. The molecule has 0 atom stereocenters. The Balaban J connectivity index is 1.40. The maximum atomic E-state index is 12.4. The Hall–Kier alpha value is -2.24. The highest BCUT2D eigenvalue weighted by molar-refractivity contribution is 5.30. The van der Waals surface area contributed by atoms with Crippen molar-refractivity contribution in [1.29, 1.82) is 0 Å². The van der Waals surface area contributed by atoms with Crippen molar-refractivity contribution in [3.8, 4) is 0 Å². The van der Waals surface area contributed by atoms with Gasteiger partial charge in [-0.2, -0.15) is 5.10 Å². The Morgan fingerprint density at radius 3 is 2.60 bits per heavy atom. The number of aromatic nitrogens is 4. The van der Waals surface area contributed by atoms with E-state index in [0.717, 1.165) is 62.5 Å². The molecule has 0 spiro atoms. The molecule has 6 heteroatoms. The molecule has 2 aromatic rings. The van der Waals surface area contributed by atoms with Gasteiger partial charge in [0.15, 0.2) is 0 Å². The number of rotatable bonds is 3. The highest BCUT2D eigenvalue weighted by atomic mass is 16.1. The Labute approximate surface area is 147 Å². The third-order valence-electron chi connectivity index (χ3n) is 5.37. The smallest absolute Gasteiger partial charge is 0.267 e. The molecule has 0 unspecified atom stereocenters. The van der Waals surface area contributed by atoms with Crippen molar-refractivity contribution in [2.75, 3.05) is 18.0 Å². The van der Waals surface area contributed by atoms with Crippen LogP contribution in [0.2, 0.25) is 0 Å². The minimum Gasteiger partial charge on any atom is -0.341 e. The highest BCUT2D eigenvalue weighted by Gasteiger charge is 2.22. The lowest BCUT2D eigenvalue weighted by Gasteiger charge is -2.32. The lowest BCUT2D eigenvalue weighted by Crippen LogP contribution is -2.38. The van der Waals surface area contributed by atoms with Gasteiger partial charge in [0, 0.05) is 38.1 Å². The first-order chi connectivity index (χ1) is 12.2. The predicted octanol–water partition coefficient (Wildman–Crippen LogP) is 2.14.